The minimum atomic E-state index is -0.456. The Bertz CT molecular complexity index is 354. The number of para-hydroxylation sites is 1. The first-order valence-electron chi connectivity index (χ1n) is 4.60. The van der Waals surface area contributed by atoms with Crippen molar-refractivity contribution in [2.24, 2.45) is 0 Å². The monoisotopic (exact) mass is 190 g/mol. The Balaban J connectivity index is 2.05. The Morgan fingerprint density at radius 1 is 1.21 bits per heavy atom. The van der Waals surface area contributed by atoms with Gasteiger partial charge in [0, 0.05) is 6.42 Å². The van der Waals surface area contributed by atoms with Gasteiger partial charge in [0.1, 0.15) is 11.6 Å². The van der Waals surface area contributed by atoms with E-state index in [0.717, 1.165) is 0 Å². The van der Waals surface area contributed by atoms with Gasteiger partial charge in [-0.25, -0.2) is 4.39 Å². The maximum atomic E-state index is 13.2. The lowest BCUT2D eigenvalue weighted by molar-refractivity contribution is 0.209. The summed E-state index contributed by atoms with van der Waals surface area (Å²) in [6.07, 6.45) is 5.19. The molecule has 72 valence electrons. The van der Waals surface area contributed by atoms with Gasteiger partial charge in [0.25, 0.3) is 0 Å². The highest BCUT2D eigenvalue weighted by atomic mass is 19.1. The number of halogens is 1. The van der Waals surface area contributed by atoms with Gasteiger partial charge in [0.2, 0.25) is 0 Å². The summed E-state index contributed by atoms with van der Waals surface area (Å²) in [6, 6.07) is 9.29. The van der Waals surface area contributed by atoms with Crippen molar-refractivity contribution in [2.75, 3.05) is 0 Å². The van der Waals surface area contributed by atoms with E-state index in [4.69, 9.17) is 4.74 Å². The summed E-state index contributed by atoms with van der Waals surface area (Å²) in [6.45, 7) is 0. The lowest BCUT2D eigenvalue weighted by Gasteiger charge is -2.17. The normalized spacial score (nSPS) is 20.4. The Morgan fingerprint density at radius 3 is 2.71 bits per heavy atom. The smallest absolute Gasteiger partial charge is 0.153 e. The summed E-state index contributed by atoms with van der Waals surface area (Å²) in [5.41, 5.74) is 0. The number of hydrogen-bond acceptors (Lipinski definition) is 1. The molecule has 0 heterocycles. The number of allylic oxidation sites excluding steroid dienone is 2. The Hall–Kier alpha value is -1.57. The molecule has 1 atom stereocenters. The first kappa shape index (κ1) is 9.00. The Kier molecular flexibility index (Phi) is 2.63. The maximum Gasteiger partial charge on any atom is 0.153 e. The molecule has 0 aliphatic heterocycles. The van der Waals surface area contributed by atoms with Gasteiger partial charge in [-0.1, -0.05) is 30.4 Å². The van der Waals surface area contributed by atoms with Crippen molar-refractivity contribution >= 4 is 0 Å². The second-order valence-corrected chi connectivity index (χ2v) is 3.13. The first-order chi connectivity index (χ1) is 6.86. The van der Waals surface area contributed by atoms with Crippen LogP contribution in [0.25, 0.3) is 0 Å². The van der Waals surface area contributed by atoms with E-state index < -0.39 is 6.10 Å². The summed E-state index contributed by atoms with van der Waals surface area (Å²) in [7, 11) is 0. The average molecular weight is 190 g/mol. The summed E-state index contributed by atoms with van der Waals surface area (Å²) >= 11 is 0. The lowest BCUT2D eigenvalue weighted by atomic mass is 10.1. The van der Waals surface area contributed by atoms with Gasteiger partial charge in [-0.2, -0.15) is 0 Å². The minimum Gasteiger partial charge on any atom is -0.483 e. The molecule has 1 aromatic rings. The average Bonchev–Trinajstić information content (AvgIpc) is 2.23. The van der Waals surface area contributed by atoms with Gasteiger partial charge in [0.15, 0.2) is 6.10 Å². The van der Waals surface area contributed by atoms with Gasteiger partial charge in [-0.05, 0) is 18.2 Å². The van der Waals surface area contributed by atoms with Crippen LogP contribution in [0.3, 0.4) is 0 Å². The van der Waals surface area contributed by atoms with Gasteiger partial charge < -0.3 is 4.74 Å². The van der Waals surface area contributed by atoms with Crippen LogP contribution in [0.1, 0.15) is 6.42 Å². The van der Waals surface area contributed by atoms with Gasteiger partial charge >= 0.3 is 0 Å². The van der Waals surface area contributed by atoms with Gasteiger partial charge in [-0.15, -0.1) is 0 Å². The molecule has 0 fully saturated rings. The van der Waals surface area contributed by atoms with E-state index in [1.807, 2.05) is 36.4 Å². The molecule has 1 aliphatic rings. The molecule has 0 aromatic heterocycles. The summed E-state index contributed by atoms with van der Waals surface area (Å²) in [4.78, 5) is 0. The van der Waals surface area contributed by atoms with E-state index in [1.54, 1.807) is 6.08 Å². The third kappa shape index (κ3) is 2.02. The van der Waals surface area contributed by atoms with E-state index in [1.165, 1.54) is 6.08 Å². The van der Waals surface area contributed by atoms with Crippen LogP contribution in [0.5, 0.6) is 5.75 Å². The molecule has 0 amide bonds. The van der Waals surface area contributed by atoms with E-state index >= 15 is 0 Å². The second-order valence-electron chi connectivity index (χ2n) is 3.13. The highest BCUT2D eigenvalue weighted by Crippen LogP contribution is 2.21. The molecule has 1 unspecified atom stereocenters. The fraction of sp³-hybridized carbons (Fsp3) is 0.167. The molecule has 0 N–H and O–H groups in total. The molecular formula is C12H11FO. The third-order valence-corrected chi connectivity index (χ3v) is 2.07. The molecule has 0 bridgehead atoms. The van der Waals surface area contributed by atoms with Crippen molar-refractivity contribution in [1.82, 2.24) is 0 Å². The first-order valence-corrected chi connectivity index (χ1v) is 4.60. The van der Waals surface area contributed by atoms with Crippen molar-refractivity contribution < 1.29 is 9.13 Å². The van der Waals surface area contributed by atoms with Crippen LogP contribution in [0.2, 0.25) is 0 Å². The zero-order valence-corrected chi connectivity index (χ0v) is 7.69. The van der Waals surface area contributed by atoms with Crippen LogP contribution in [0.4, 0.5) is 4.39 Å². The zero-order valence-electron chi connectivity index (χ0n) is 7.69. The van der Waals surface area contributed by atoms with Crippen LogP contribution < -0.4 is 4.74 Å². The number of rotatable bonds is 2. The molecule has 0 saturated heterocycles. The highest BCUT2D eigenvalue weighted by molar-refractivity contribution is 5.24. The van der Waals surface area contributed by atoms with Crippen molar-refractivity contribution in [3.63, 3.8) is 0 Å². The summed E-state index contributed by atoms with van der Waals surface area (Å²) < 4.78 is 18.7. The minimum absolute atomic E-state index is 0.212. The molecule has 0 spiro atoms. The van der Waals surface area contributed by atoms with Crippen molar-refractivity contribution in [1.29, 1.82) is 0 Å². The summed E-state index contributed by atoms with van der Waals surface area (Å²) in [5.74, 6) is 0.493. The van der Waals surface area contributed by atoms with Crippen molar-refractivity contribution in [3.05, 3.63) is 54.4 Å². The van der Waals surface area contributed by atoms with Gasteiger partial charge in [-0.3, -0.25) is 0 Å². The van der Waals surface area contributed by atoms with Crippen LogP contribution in [-0.4, -0.2) is 6.10 Å². The zero-order chi connectivity index (χ0) is 9.80. The molecule has 2 heteroatoms. The molecule has 1 nitrogen and oxygen atoms in total. The number of ether oxygens (including phenoxy) is 1. The number of hydrogen-bond donors (Lipinski definition) is 0. The molecule has 14 heavy (non-hydrogen) atoms. The fourth-order valence-corrected chi connectivity index (χ4v) is 1.35. The topological polar surface area (TPSA) is 9.23 Å². The SMILES string of the molecule is FC1=CC=CCC1Oc1ccccc1. The third-order valence-electron chi connectivity index (χ3n) is 2.07. The molecule has 1 aliphatic carbocycles. The van der Waals surface area contributed by atoms with Crippen LogP contribution in [0.15, 0.2) is 54.4 Å². The summed E-state index contributed by atoms with van der Waals surface area (Å²) in [5, 5.41) is 0. The fourth-order valence-electron chi connectivity index (χ4n) is 1.35. The Labute approximate surface area is 82.5 Å². The molecular weight excluding hydrogens is 179 g/mol. The maximum absolute atomic E-state index is 13.2. The second kappa shape index (κ2) is 4.09. The van der Waals surface area contributed by atoms with Crippen molar-refractivity contribution in [2.45, 2.75) is 12.5 Å². The van der Waals surface area contributed by atoms with Gasteiger partial charge in [0.05, 0.1) is 0 Å². The van der Waals surface area contributed by atoms with E-state index in [2.05, 4.69) is 0 Å². The molecule has 2 rings (SSSR count). The van der Waals surface area contributed by atoms with Crippen molar-refractivity contribution in [3.8, 4) is 5.75 Å². The van der Waals surface area contributed by atoms with E-state index in [9.17, 15) is 4.39 Å². The van der Waals surface area contributed by atoms with Crippen LogP contribution >= 0.6 is 0 Å². The molecule has 0 saturated carbocycles. The van der Waals surface area contributed by atoms with Crippen LogP contribution in [0, 0.1) is 0 Å². The largest absolute Gasteiger partial charge is 0.483 e. The predicted octanol–water partition coefficient (Wildman–Crippen LogP) is 3.25. The quantitative estimate of drug-likeness (QED) is 0.695. The van der Waals surface area contributed by atoms with Crippen LogP contribution in [-0.2, 0) is 0 Å². The Morgan fingerprint density at radius 2 is 2.00 bits per heavy atom. The highest BCUT2D eigenvalue weighted by Gasteiger charge is 2.16. The molecule has 1 aromatic carbocycles. The van der Waals surface area contributed by atoms with E-state index in [0.29, 0.717) is 12.2 Å². The standard InChI is InChI=1S/C12H11FO/c13-11-8-4-5-9-12(11)14-10-6-2-1-3-7-10/h1-8,12H,9H2. The molecule has 0 radical (unpaired) electrons. The lowest BCUT2D eigenvalue weighted by Crippen LogP contribution is -2.17. The number of benzene rings is 1. The van der Waals surface area contributed by atoms with E-state index in [-0.39, 0.29) is 5.83 Å². The predicted molar refractivity (Wildman–Crippen MR) is 53.8 cm³/mol.